The number of nitrogens with zero attached hydrogens (tertiary/aromatic N) is 1. The van der Waals surface area contributed by atoms with Gasteiger partial charge in [0, 0.05) is 24.5 Å². The lowest BCUT2D eigenvalue weighted by Crippen LogP contribution is -2.34. The van der Waals surface area contributed by atoms with Crippen LogP contribution in [0.2, 0.25) is 0 Å². The van der Waals surface area contributed by atoms with Crippen LogP contribution < -0.4 is 5.32 Å². The number of hydrogen-bond acceptors (Lipinski definition) is 3. The Hall–Kier alpha value is -1.42. The number of amides is 1. The third kappa shape index (κ3) is 4.40. The van der Waals surface area contributed by atoms with Crippen molar-refractivity contribution in [1.82, 2.24) is 10.3 Å². The smallest absolute Gasteiger partial charge is 0.224 e. The monoisotopic (exact) mass is 222 g/mol. The van der Waals surface area contributed by atoms with Crippen molar-refractivity contribution in [2.45, 2.75) is 32.7 Å². The summed E-state index contributed by atoms with van der Waals surface area (Å²) >= 11 is 0. The third-order valence-corrected chi connectivity index (χ3v) is 2.31. The van der Waals surface area contributed by atoms with Gasteiger partial charge in [-0.1, -0.05) is 6.07 Å². The molecule has 1 aromatic rings. The Balaban J connectivity index is 2.42. The van der Waals surface area contributed by atoms with E-state index in [1.54, 1.807) is 6.20 Å². The lowest BCUT2D eigenvalue weighted by atomic mass is 10.1. The number of hydrogen-bond donors (Lipinski definition) is 2. The summed E-state index contributed by atoms with van der Waals surface area (Å²) in [5, 5.41) is 11.5. The lowest BCUT2D eigenvalue weighted by Gasteiger charge is -2.12. The average Bonchev–Trinajstić information content (AvgIpc) is 2.21. The van der Waals surface area contributed by atoms with E-state index in [0.717, 1.165) is 11.3 Å². The number of carbonyl (C=O) groups is 1. The first-order valence-electron chi connectivity index (χ1n) is 5.43. The van der Waals surface area contributed by atoms with Crippen LogP contribution in [0.3, 0.4) is 0 Å². The summed E-state index contributed by atoms with van der Waals surface area (Å²) in [6.07, 6.45) is 2.63. The van der Waals surface area contributed by atoms with Crippen molar-refractivity contribution in [1.29, 1.82) is 0 Å². The molecule has 2 N–H and O–H groups in total. The van der Waals surface area contributed by atoms with Crippen molar-refractivity contribution in [3.63, 3.8) is 0 Å². The number of rotatable bonds is 5. The maximum atomic E-state index is 11.6. The van der Waals surface area contributed by atoms with Gasteiger partial charge in [0.1, 0.15) is 0 Å². The largest absolute Gasteiger partial charge is 0.396 e. The molecule has 0 aliphatic rings. The van der Waals surface area contributed by atoms with E-state index in [1.165, 1.54) is 0 Å². The summed E-state index contributed by atoms with van der Waals surface area (Å²) in [5.74, 6) is -0.0356. The van der Waals surface area contributed by atoms with Gasteiger partial charge in [-0.05, 0) is 31.9 Å². The molecule has 0 fully saturated rings. The molecule has 16 heavy (non-hydrogen) atoms. The second kappa shape index (κ2) is 6.23. The maximum absolute atomic E-state index is 11.6. The van der Waals surface area contributed by atoms with Gasteiger partial charge in [-0.25, -0.2) is 0 Å². The fraction of sp³-hybridized carbons (Fsp3) is 0.500. The lowest BCUT2D eigenvalue weighted by molar-refractivity contribution is -0.121. The highest BCUT2D eigenvalue weighted by molar-refractivity contribution is 5.78. The number of aromatic nitrogens is 1. The van der Waals surface area contributed by atoms with Gasteiger partial charge in [0.25, 0.3) is 0 Å². The van der Waals surface area contributed by atoms with Crippen LogP contribution in [0, 0.1) is 6.92 Å². The first-order valence-corrected chi connectivity index (χ1v) is 5.43. The molecule has 0 radical (unpaired) electrons. The molecule has 0 aromatic carbocycles. The number of nitrogens with one attached hydrogen (secondary N) is 1. The molecule has 88 valence electrons. The summed E-state index contributed by atoms with van der Waals surface area (Å²) in [6.45, 7) is 3.88. The molecule has 1 rings (SSSR count). The van der Waals surface area contributed by atoms with E-state index in [2.05, 4.69) is 10.3 Å². The first-order chi connectivity index (χ1) is 7.61. The third-order valence-electron chi connectivity index (χ3n) is 2.31. The topological polar surface area (TPSA) is 62.2 Å². The maximum Gasteiger partial charge on any atom is 0.224 e. The Morgan fingerprint density at radius 1 is 1.56 bits per heavy atom. The fourth-order valence-electron chi connectivity index (χ4n) is 1.38. The molecule has 1 aromatic heterocycles. The van der Waals surface area contributed by atoms with Crippen LogP contribution in [0.25, 0.3) is 0 Å². The van der Waals surface area contributed by atoms with E-state index in [-0.39, 0.29) is 18.6 Å². The minimum atomic E-state index is -0.0356. The summed E-state index contributed by atoms with van der Waals surface area (Å²) in [4.78, 5) is 15.7. The molecule has 0 bridgehead atoms. The van der Waals surface area contributed by atoms with Gasteiger partial charge in [0.2, 0.25) is 5.91 Å². The molecule has 4 heteroatoms. The SMILES string of the molecule is Cc1ccc(CC(=O)NC(C)CCO)cn1. The molecule has 1 unspecified atom stereocenters. The Morgan fingerprint density at radius 3 is 2.88 bits per heavy atom. The standard InChI is InChI=1S/C12H18N2O2/c1-9-3-4-11(8-13-9)7-12(16)14-10(2)5-6-15/h3-4,8,10,15H,5-7H2,1-2H3,(H,14,16). The zero-order chi connectivity index (χ0) is 12.0. The predicted molar refractivity (Wildman–Crippen MR) is 62.0 cm³/mol. The summed E-state index contributed by atoms with van der Waals surface area (Å²) in [6, 6.07) is 3.80. The molecule has 1 amide bonds. The molecule has 1 atom stereocenters. The van der Waals surface area contributed by atoms with Crippen molar-refractivity contribution in [2.75, 3.05) is 6.61 Å². The summed E-state index contributed by atoms with van der Waals surface area (Å²) in [7, 11) is 0. The van der Waals surface area contributed by atoms with E-state index >= 15 is 0 Å². The molecule has 0 aliphatic carbocycles. The van der Waals surface area contributed by atoms with Crippen molar-refractivity contribution >= 4 is 5.91 Å². The van der Waals surface area contributed by atoms with Crippen molar-refractivity contribution < 1.29 is 9.90 Å². The molecule has 0 spiro atoms. The van der Waals surface area contributed by atoms with Crippen LogP contribution in [0.4, 0.5) is 0 Å². The van der Waals surface area contributed by atoms with E-state index in [1.807, 2.05) is 26.0 Å². The van der Waals surface area contributed by atoms with Crippen molar-refractivity contribution in [3.05, 3.63) is 29.6 Å². The van der Waals surface area contributed by atoms with Gasteiger partial charge in [-0.3, -0.25) is 9.78 Å². The molecule has 0 saturated carbocycles. The Bertz CT molecular complexity index is 335. The van der Waals surface area contributed by atoms with Crippen LogP contribution in [-0.2, 0) is 11.2 Å². The van der Waals surface area contributed by atoms with E-state index < -0.39 is 0 Å². The minimum absolute atomic E-state index is 0.0101. The van der Waals surface area contributed by atoms with Gasteiger partial charge in [0.15, 0.2) is 0 Å². The molecule has 4 nitrogen and oxygen atoms in total. The van der Waals surface area contributed by atoms with E-state index in [9.17, 15) is 4.79 Å². The van der Waals surface area contributed by atoms with Gasteiger partial charge < -0.3 is 10.4 Å². The zero-order valence-corrected chi connectivity index (χ0v) is 9.73. The Morgan fingerprint density at radius 2 is 2.31 bits per heavy atom. The normalized spacial score (nSPS) is 12.2. The predicted octanol–water partition coefficient (Wildman–Crippen LogP) is 0.820. The van der Waals surface area contributed by atoms with Gasteiger partial charge >= 0.3 is 0 Å². The highest BCUT2D eigenvalue weighted by Crippen LogP contribution is 2.00. The quantitative estimate of drug-likeness (QED) is 0.775. The molecule has 1 heterocycles. The Labute approximate surface area is 95.7 Å². The second-order valence-electron chi connectivity index (χ2n) is 3.97. The fourth-order valence-corrected chi connectivity index (χ4v) is 1.38. The molecular weight excluding hydrogens is 204 g/mol. The van der Waals surface area contributed by atoms with Crippen LogP contribution in [0.5, 0.6) is 0 Å². The summed E-state index contributed by atoms with van der Waals surface area (Å²) in [5.41, 5.74) is 1.84. The molecular formula is C12H18N2O2. The number of aliphatic hydroxyl groups excluding tert-OH is 1. The minimum Gasteiger partial charge on any atom is -0.396 e. The number of pyridine rings is 1. The van der Waals surface area contributed by atoms with Gasteiger partial charge in [-0.15, -0.1) is 0 Å². The molecule has 0 saturated heterocycles. The van der Waals surface area contributed by atoms with Crippen LogP contribution in [0.1, 0.15) is 24.6 Å². The van der Waals surface area contributed by atoms with Gasteiger partial charge in [-0.2, -0.15) is 0 Å². The van der Waals surface area contributed by atoms with E-state index in [0.29, 0.717) is 12.8 Å². The van der Waals surface area contributed by atoms with E-state index in [4.69, 9.17) is 5.11 Å². The van der Waals surface area contributed by atoms with Crippen molar-refractivity contribution in [3.8, 4) is 0 Å². The van der Waals surface area contributed by atoms with Gasteiger partial charge in [0.05, 0.1) is 6.42 Å². The highest BCUT2D eigenvalue weighted by atomic mass is 16.3. The molecule has 0 aliphatic heterocycles. The zero-order valence-electron chi connectivity index (χ0n) is 9.73. The van der Waals surface area contributed by atoms with Crippen molar-refractivity contribution in [2.24, 2.45) is 0 Å². The van der Waals surface area contributed by atoms with Crippen LogP contribution >= 0.6 is 0 Å². The summed E-state index contributed by atoms with van der Waals surface area (Å²) < 4.78 is 0. The average molecular weight is 222 g/mol. The van der Waals surface area contributed by atoms with Crippen LogP contribution in [0.15, 0.2) is 18.3 Å². The Kier molecular flexibility index (Phi) is 4.92. The van der Waals surface area contributed by atoms with Crippen LogP contribution in [-0.4, -0.2) is 28.6 Å². The number of carbonyl (C=O) groups excluding carboxylic acids is 1. The number of aryl methyl sites for hydroxylation is 1. The first kappa shape index (κ1) is 12.6. The highest BCUT2D eigenvalue weighted by Gasteiger charge is 2.07. The number of aliphatic hydroxyl groups is 1. The second-order valence-corrected chi connectivity index (χ2v) is 3.97.